The Hall–Kier alpha value is -0.770. The molecule has 1 heterocycles. The molecule has 1 fully saturated rings. The summed E-state index contributed by atoms with van der Waals surface area (Å²) in [6.45, 7) is 8.97. The Labute approximate surface area is 115 Å². The molecule has 1 aliphatic rings. The molecule has 100 valence electrons. The molecule has 3 nitrogen and oxygen atoms in total. The van der Waals surface area contributed by atoms with Gasteiger partial charge in [0.25, 0.3) is 0 Å². The number of hydrogen-bond acceptors (Lipinski definition) is 3. The number of nitrogens with two attached hydrogens (primary N) is 1. The van der Waals surface area contributed by atoms with E-state index in [0.717, 1.165) is 30.3 Å². The lowest BCUT2D eigenvalue weighted by Gasteiger charge is -2.34. The first-order chi connectivity index (χ1) is 8.69. The van der Waals surface area contributed by atoms with Crippen LogP contribution in [0, 0.1) is 0 Å². The van der Waals surface area contributed by atoms with E-state index in [2.05, 4.69) is 16.7 Å². The molecule has 0 unspecified atom stereocenters. The highest BCUT2D eigenvalue weighted by Crippen LogP contribution is 2.21. The van der Waals surface area contributed by atoms with Crippen LogP contribution in [0.2, 0.25) is 5.02 Å². The summed E-state index contributed by atoms with van der Waals surface area (Å²) >= 11 is 6.21. The third-order valence-corrected chi connectivity index (χ3v) is 3.83. The monoisotopic (exact) mass is 267 g/mol. The summed E-state index contributed by atoms with van der Waals surface area (Å²) in [4.78, 5) is 4.99. The molecular formula is C14H22ClN3. The van der Waals surface area contributed by atoms with Gasteiger partial charge in [-0.25, -0.2) is 0 Å². The molecular weight excluding hydrogens is 246 g/mol. The summed E-state index contributed by atoms with van der Waals surface area (Å²) in [5, 5.41) is 0.783. The Morgan fingerprint density at radius 1 is 1.17 bits per heavy atom. The smallest absolute Gasteiger partial charge is 0.0471 e. The van der Waals surface area contributed by atoms with Crippen LogP contribution in [-0.4, -0.2) is 42.5 Å². The molecule has 1 aromatic rings. The van der Waals surface area contributed by atoms with E-state index in [-0.39, 0.29) is 0 Å². The SMILES string of the molecule is CCCN1CCN(Cc2ccc(N)cc2Cl)CC1. The van der Waals surface area contributed by atoms with Gasteiger partial charge < -0.3 is 10.6 Å². The number of nitrogen functional groups attached to an aromatic ring is 1. The van der Waals surface area contributed by atoms with Gasteiger partial charge in [-0.1, -0.05) is 24.6 Å². The van der Waals surface area contributed by atoms with Crippen molar-refractivity contribution in [2.75, 3.05) is 38.5 Å². The van der Waals surface area contributed by atoms with Gasteiger partial charge in [-0.05, 0) is 30.7 Å². The maximum absolute atomic E-state index is 6.21. The van der Waals surface area contributed by atoms with Crippen molar-refractivity contribution in [3.8, 4) is 0 Å². The lowest BCUT2D eigenvalue weighted by molar-refractivity contribution is 0.127. The van der Waals surface area contributed by atoms with Crippen molar-refractivity contribution < 1.29 is 0 Å². The number of rotatable bonds is 4. The molecule has 0 bridgehead atoms. The van der Waals surface area contributed by atoms with Crippen LogP contribution in [-0.2, 0) is 6.54 Å². The number of halogens is 1. The number of anilines is 1. The second kappa shape index (κ2) is 6.41. The molecule has 0 aromatic heterocycles. The summed E-state index contributed by atoms with van der Waals surface area (Å²) in [7, 11) is 0. The van der Waals surface area contributed by atoms with E-state index >= 15 is 0 Å². The minimum absolute atomic E-state index is 0.733. The van der Waals surface area contributed by atoms with Gasteiger partial charge in [-0.3, -0.25) is 4.90 Å². The van der Waals surface area contributed by atoms with Crippen molar-refractivity contribution >= 4 is 17.3 Å². The van der Waals surface area contributed by atoms with Crippen LogP contribution in [0.5, 0.6) is 0 Å². The zero-order chi connectivity index (χ0) is 13.0. The third-order valence-electron chi connectivity index (χ3n) is 3.48. The zero-order valence-corrected chi connectivity index (χ0v) is 11.8. The average Bonchev–Trinajstić information content (AvgIpc) is 2.35. The normalized spacial score (nSPS) is 18.1. The fraction of sp³-hybridized carbons (Fsp3) is 0.571. The maximum Gasteiger partial charge on any atom is 0.0471 e. The first-order valence-electron chi connectivity index (χ1n) is 6.67. The van der Waals surface area contributed by atoms with Crippen LogP contribution in [0.15, 0.2) is 18.2 Å². The number of benzene rings is 1. The van der Waals surface area contributed by atoms with Crippen LogP contribution < -0.4 is 5.73 Å². The average molecular weight is 268 g/mol. The summed E-state index contributed by atoms with van der Waals surface area (Å²) in [6.07, 6.45) is 1.24. The Kier molecular flexibility index (Phi) is 4.87. The Morgan fingerprint density at radius 2 is 1.83 bits per heavy atom. The molecule has 4 heteroatoms. The highest BCUT2D eigenvalue weighted by Gasteiger charge is 2.16. The number of piperazine rings is 1. The van der Waals surface area contributed by atoms with Crippen molar-refractivity contribution in [1.82, 2.24) is 9.80 Å². The molecule has 0 radical (unpaired) electrons. The fourth-order valence-electron chi connectivity index (χ4n) is 2.42. The minimum atomic E-state index is 0.733. The van der Waals surface area contributed by atoms with E-state index in [1.807, 2.05) is 18.2 Å². The first kappa shape index (κ1) is 13.7. The van der Waals surface area contributed by atoms with E-state index < -0.39 is 0 Å². The van der Waals surface area contributed by atoms with Crippen molar-refractivity contribution in [2.24, 2.45) is 0 Å². The highest BCUT2D eigenvalue weighted by molar-refractivity contribution is 6.31. The first-order valence-corrected chi connectivity index (χ1v) is 7.05. The van der Waals surface area contributed by atoms with Crippen molar-refractivity contribution in [1.29, 1.82) is 0 Å². The van der Waals surface area contributed by atoms with Crippen molar-refractivity contribution in [3.05, 3.63) is 28.8 Å². The van der Waals surface area contributed by atoms with Crippen LogP contribution in [0.25, 0.3) is 0 Å². The van der Waals surface area contributed by atoms with E-state index in [1.165, 1.54) is 31.6 Å². The Balaban J connectivity index is 1.87. The van der Waals surface area contributed by atoms with Gasteiger partial charge in [0.05, 0.1) is 0 Å². The molecule has 0 atom stereocenters. The Morgan fingerprint density at radius 3 is 2.44 bits per heavy atom. The summed E-state index contributed by atoms with van der Waals surface area (Å²) in [5.41, 5.74) is 7.62. The van der Waals surface area contributed by atoms with Gasteiger partial charge >= 0.3 is 0 Å². The predicted molar refractivity (Wildman–Crippen MR) is 77.9 cm³/mol. The molecule has 1 saturated heterocycles. The van der Waals surface area contributed by atoms with Crippen molar-refractivity contribution in [2.45, 2.75) is 19.9 Å². The van der Waals surface area contributed by atoms with Gasteiger partial charge in [-0.2, -0.15) is 0 Å². The molecule has 0 aliphatic carbocycles. The topological polar surface area (TPSA) is 32.5 Å². The fourth-order valence-corrected chi connectivity index (χ4v) is 2.67. The molecule has 2 rings (SSSR count). The van der Waals surface area contributed by atoms with E-state index in [0.29, 0.717) is 0 Å². The van der Waals surface area contributed by atoms with Gasteiger partial charge in [0.2, 0.25) is 0 Å². The van der Waals surface area contributed by atoms with E-state index in [4.69, 9.17) is 17.3 Å². The largest absolute Gasteiger partial charge is 0.399 e. The molecule has 0 saturated carbocycles. The Bertz CT molecular complexity index is 387. The summed E-state index contributed by atoms with van der Waals surface area (Å²) in [5.74, 6) is 0. The second-order valence-electron chi connectivity index (χ2n) is 4.97. The van der Waals surface area contributed by atoms with Gasteiger partial charge in [0.15, 0.2) is 0 Å². The quantitative estimate of drug-likeness (QED) is 0.851. The predicted octanol–water partition coefficient (Wildman–Crippen LogP) is 2.45. The standard InChI is InChI=1S/C14H22ClN3/c1-2-5-17-6-8-18(9-7-17)11-12-3-4-13(16)10-14(12)15/h3-4,10H,2,5-9,11,16H2,1H3. The molecule has 1 aromatic carbocycles. The second-order valence-corrected chi connectivity index (χ2v) is 5.38. The molecule has 0 spiro atoms. The number of nitrogens with zero attached hydrogens (tertiary/aromatic N) is 2. The highest BCUT2D eigenvalue weighted by atomic mass is 35.5. The molecule has 0 amide bonds. The van der Waals surface area contributed by atoms with Crippen molar-refractivity contribution in [3.63, 3.8) is 0 Å². The summed E-state index contributed by atoms with van der Waals surface area (Å²) < 4.78 is 0. The van der Waals surface area contributed by atoms with E-state index in [1.54, 1.807) is 0 Å². The number of hydrogen-bond donors (Lipinski definition) is 1. The van der Waals surface area contributed by atoms with E-state index in [9.17, 15) is 0 Å². The van der Waals surface area contributed by atoms with Crippen LogP contribution >= 0.6 is 11.6 Å². The van der Waals surface area contributed by atoms with Gasteiger partial charge in [0.1, 0.15) is 0 Å². The van der Waals surface area contributed by atoms with Gasteiger partial charge in [-0.15, -0.1) is 0 Å². The molecule has 2 N–H and O–H groups in total. The minimum Gasteiger partial charge on any atom is -0.399 e. The van der Waals surface area contributed by atoms with Crippen LogP contribution in [0.4, 0.5) is 5.69 Å². The third kappa shape index (κ3) is 3.61. The molecule has 18 heavy (non-hydrogen) atoms. The lowest BCUT2D eigenvalue weighted by atomic mass is 10.1. The molecule has 1 aliphatic heterocycles. The van der Waals surface area contributed by atoms with Gasteiger partial charge in [0, 0.05) is 43.4 Å². The summed E-state index contributed by atoms with van der Waals surface area (Å²) in [6, 6.07) is 5.80. The van der Waals surface area contributed by atoms with Crippen LogP contribution in [0.3, 0.4) is 0 Å². The maximum atomic E-state index is 6.21. The van der Waals surface area contributed by atoms with Crippen LogP contribution in [0.1, 0.15) is 18.9 Å². The lowest BCUT2D eigenvalue weighted by Crippen LogP contribution is -2.46. The zero-order valence-electron chi connectivity index (χ0n) is 11.0.